The first kappa shape index (κ1) is 23.4. The van der Waals surface area contributed by atoms with Gasteiger partial charge in [-0.2, -0.15) is 5.10 Å². The topological polar surface area (TPSA) is 70.5 Å². The number of carbonyl (C=O) groups excluding carboxylic acids is 2. The van der Waals surface area contributed by atoms with E-state index in [1.54, 1.807) is 9.80 Å². The van der Waals surface area contributed by atoms with Crippen LogP contribution in [0.1, 0.15) is 32.9 Å². The summed E-state index contributed by atoms with van der Waals surface area (Å²) in [7, 11) is 1.93. The number of hydrogen-bond acceptors (Lipinski definition) is 3. The Hall–Kier alpha value is -4.39. The number of benzene rings is 3. The number of aryl methyl sites for hydroxylation is 2. The van der Waals surface area contributed by atoms with Gasteiger partial charge in [-0.25, -0.2) is 4.79 Å². The molecule has 0 fully saturated rings. The summed E-state index contributed by atoms with van der Waals surface area (Å²) in [5, 5.41) is 7.76. The van der Waals surface area contributed by atoms with Crippen molar-refractivity contribution in [3.05, 3.63) is 113 Å². The highest BCUT2D eigenvalue weighted by Gasteiger charge is 2.29. The summed E-state index contributed by atoms with van der Waals surface area (Å²) in [6.45, 7) is 3.37. The van der Waals surface area contributed by atoms with Crippen molar-refractivity contribution in [1.82, 2.24) is 14.7 Å². The molecule has 0 radical (unpaired) electrons. The molecule has 3 aromatic carbocycles. The predicted octanol–water partition coefficient (Wildman–Crippen LogP) is 5.17. The molecule has 7 nitrogen and oxygen atoms in total. The number of nitrogens with one attached hydrogen (secondary N) is 1. The van der Waals surface area contributed by atoms with Gasteiger partial charge in [-0.15, -0.1) is 0 Å². The minimum atomic E-state index is -0.141. The molecule has 2 heterocycles. The molecule has 0 aliphatic carbocycles. The molecule has 3 amide bonds. The molecule has 0 saturated heterocycles. The zero-order chi connectivity index (χ0) is 25.1. The van der Waals surface area contributed by atoms with Crippen LogP contribution in [-0.4, -0.2) is 33.2 Å². The molecule has 1 aromatic heterocycles. The van der Waals surface area contributed by atoms with E-state index in [-0.39, 0.29) is 11.9 Å². The standard InChI is InChI=1S/C29H29N5O2/c1-21-13-15-22(16-14-21)28(35)34(24-11-7-4-8-12-24)20-26-25-19-33(18-17-27(25)32(2)31-26)29(36)30-23-9-5-3-6-10-23/h3-16H,17-20H2,1-2H3,(H,30,36). The smallest absolute Gasteiger partial charge is 0.320 e. The second-order valence-corrected chi connectivity index (χ2v) is 9.06. The van der Waals surface area contributed by atoms with Gasteiger partial charge in [0, 0.05) is 48.2 Å². The first-order valence-electron chi connectivity index (χ1n) is 12.1. The molecule has 7 heteroatoms. The number of urea groups is 1. The molecular formula is C29H29N5O2. The molecule has 0 bridgehead atoms. The van der Waals surface area contributed by atoms with Crippen LogP contribution in [0.15, 0.2) is 84.9 Å². The van der Waals surface area contributed by atoms with Crippen LogP contribution >= 0.6 is 0 Å². The lowest BCUT2D eigenvalue weighted by atomic mass is 10.0. The van der Waals surface area contributed by atoms with Gasteiger partial charge in [-0.3, -0.25) is 9.48 Å². The third-order valence-corrected chi connectivity index (χ3v) is 6.56. The number of amides is 3. The van der Waals surface area contributed by atoms with E-state index in [2.05, 4.69) is 5.32 Å². The quantitative estimate of drug-likeness (QED) is 0.430. The monoisotopic (exact) mass is 479 g/mol. The lowest BCUT2D eigenvalue weighted by molar-refractivity contribution is 0.0984. The minimum Gasteiger partial charge on any atom is -0.320 e. The number of anilines is 2. The highest BCUT2D eigenvalue weighted by molar-refractivity contribution is 6.06. The third kappa shape index (κ3) is 4.86. The van der Waals surface area contributed by atoms with Crippen LogP contribution in [0.3, 0.4) is 0 Å². The molecule has 1 N–H and O–H groups in total. The molecule has 4 aromatic rings. The molecule has 1 aliphatic heterocycles. The van der Waals surface area contributed by atoms with Crippen LogP contribution < -0.4 is 10.2 Å². The summed E-state index contributed by atoms with van der Waals surface area (Å²) in [5.41, 5.74) is 6.20. The number of rotatable bonds is 5. The largest absolute Gasteiger partial charge is 0.322 e. The second-order valence-electron chi connectivity index (χ2n) is 9.06. The number of aromatic nitrogens is 2. The van der Waals surface area contributed by atoms with Crippen molar-refractivity contribution in [3.8, 4) is 0 Å². The van der Waals surface area contributed by atoms with Gasteiger partial charge in [0.15, 0.2) is 0 Å². The van der Waals surface area contributed by atoms with Gasteiger partial charge < -0.3 is 15.1 Å². The normalized spacial score (nSPS) is 12.7. The van der Waals surface area contributed by atoms with Crippen LogP contribution in [0.4, 0.5) is 16.2 Å². The molecule has 0 saturated carbocycles. The number of carbonyl (C=O) groups is 2. The molecule has 5 rings (SSSR count). The predicted molar refractivity (Wildman–Crippen MR) is 141 cm³/mol. The molecule has 1 aliphatic rings. The van der Waals surface area contributed by atoms with Crippen LogP contribution in [0.25, 0.3) is 0 Å². The van der Waals surface area contributed by atoms with Gasteiger partial charge in [0.2, 0.25) is 0 Å². The first-order chi connectivity index (χ1) is 17.5. The first-order valence-corrected chi connectivity index (χ1v) is 12.1. The van der Waals surface area contributed by atoms with E-state index in [1.165, 1.54) is 0 Å². The molecule has 36 heavy (non-hydrogen) atoms. The molecule has 0 spiro atoms. The van der Waals surface area contributed by atoms with E-state index in [0.717, 1.165) is 33.9 Å². The highest BCUT2D eigenvalue weighted by Crippen LogP contribution is 2.27. The van der Waals surface area contributed by atoms with Crippen molar-refractivity contribution in [2.75, 3.05) is 16.8 Å². The van der Waals surface area contributed by atoms with E-state index in [9.17, 15) is 9.59 Å². The number of hydrogen-bond donors (Lipinski definition) is 1. The number of para-hydroxylation sites is 2. The summed E-state index contributed by atoms with van der Waals surface area (Å²) in [5.74, 6) is -0.0879. The average Bonchev–Trinajstić information content (AvgIpc) is 3.22. The van der Waals surface area contributed by atoms with Gasteiger partial charge in [-0.1, -0.05) is 54.1 Å². The summed E-state index contributed by atoms with van der Waals surface area (Å²) >= 11 is 0. The summed E-state index contributed by atoms with van der Waals surface area (Å²) in [6, 6.07) is 26.6. The Bertz CT molecular complexity index is 1360. The fourth-order valence-electron chi connectivity index (χ4n) is 4.58. The lowest BCUT2D eigenvalue weighted by Gasteiger charge is -2.29. The van der Waals surface area contributed by atoms with E-state index >= 15 is 0 Å². The molecular weight excluding hydrogens is 450 g/mol. The van der Waals surface area contributed by atoms with Crippen molar-refractivity contribution in [1.29, 1.82) is 0 Å². The van der Waals surface area contributed by atoms with Gasteiger partial charge in [0.05, 0.1) is 18.8 Å². The zero-order valence-electron chi connectivity index (χ0n) is 20.5. The summed E-state index contributed by atoms with van der Waals surface area (Å²) in [6.07, 6.45) is 0.707. The average molecular weight is 480 g/mol. The van der Waals surface area contributed by atoms with Crippen LogP contribution in [0.2, 0.25) is 0 Å². The van der Waals surface area contributed by atoms with E-state index in [1.807, 2.05) is 104 Å². The van der Waals surface area contributed by atoms with Crippen molar-refractivity contribution in [2.24, 2.45) is 7.05 Å². The fraction of sp³-hybridized carbons (Fsp3) is 0.207. The summed E-state index contributed by atoms with van der Waals surface area (Å²) < 4.78 is 1.89. The Labute approximate surface area is 211 Å². The Morgan fingerprint density at radius 3 is 2.31 bits per heavy atom. The second kappa shape index (κ2) is 10.1. The Morgan fingerprint density at radius 1 is 0.944 bits per heavy atom. The van der Waals surface area contributed by atoms with Gasteiger partial charge in [0.1, 0.15) is 0 Å². The van der Waals surface area contributed by atoms with E-state index in [4.69, 9.17) is 5.10 Å². The molecule has 182 valence electrons. The Morgan fingerprint density at radius 2 is 1.61 bits per heavy atom. The van der Waals surface area contributed by atoms with Crippen LogP contribution in [0, 0.1) is 6.92 Å². The van der Waals surface area contributed by atoms with Crippen LogP contribution in [-0.2, 0) is 26.6 Å². The Kier molecular flexibility index (Phi) is 6.54. The van der Waals surface area contributed by atoms with Crippen molar-refractivity contribution in [3.63, 3.8) is 0 Å². The maximum atomic E-state index is 13.6. The van der Waals surface area contributed by atoms with Crippen LogP contribution in [0.5, 0.6) is 0 Å². The lowest BCUT2D eigenvalue weighted by Crippen LogP contribution is -2.39. The fourth-order valence-corrected chi connectivity index (χ4v) is 4.58. The van der Waals surface area contributed by atoms with E-state index in [0.29, 0.717) is 31.6 Å². The maximum absolute atomic E-state index is 13.6. The maximum Gasteiger partial charge on any atom is 0.322 e. The highest BCUT2D eigenvalue weighted by atomic mass is 16.2. The number of fused-ring (bicyclic) bond motifs is 1. The van der Waals surface area contributed by atoms with Gasteiger partial charge in [-0.05, 0) is 43.3 Å². The zero-order valence-corrected chi connectivity index (χ0v) is 20.5. The third-order valence-electron chi connectivity index (χ3n) is 6.56. The summed E-state index contributed by atoms with van der Waals surface area (Å²) in [4.78, 5) is 30.2. The van der Waals surface area contributed by atoms with E-state index < -0.39 is 0 Å². The van der Waals surface area contributed by atoms with Gasteiger partial charge in [0.25, 0.3) is 5.91 Å². The van der Waals surface area contributed by atoms with Gasteiger partial charge >= 0.3 is 6.03 Å². The van der Waals surface area contributed by atoms with Crippen molar-refractivity contribution in [2.45, 2.75) is 26.4 Å². The van der Waals surface area contributed by atoms with Crippen molar-refractivity contribution >= 4 is 23.3 Å². The van der Waals surface area contributed by atoms with Crippen molar-refractivity contribution < 1.29 is 9.59 Å². The minimum absolute atomic E-state index is 0.0879. The SMILES string of the molecule is Cc1ccc(C(=O)N(Cc2nn(C)c3c2CN(C(=O)Nc2ccccc2)CC3)c2ccccc2)cc1. The Balaban J connectivity index is 1.42. The number of nitrogens with zero attached hydrogens (tertiary/aromatic N) is 4. The molecule has 0 unspecified atom stereocenters. The molecule has 0 atom stereocenters.